The van der Waals surface area contributed by atoms with Gasteiger partial charge in [-0.15, -0.1) is 10.2 Å². The number of nitrogens with zero attached hydrogens (tertiary/aromatic N) is 3. The lowest BCUT2D eigenvalue weighted by molar-refractivity contribution is -0.121. The van der Waals surface area contributed by atoms with E-state index in [1.807, 2.05) is 61.5 Å². The first kappa shape index (κ1) is 20.9. The molecule has 152 valence electrons. The van der Waals surface area contributed by atoms with Gasteiger partial charge in [-0.05, 0) is 37.1 Å². The number of amides is 1. The predicted octanol–water partition coefficient (Wildman–Crippen LogP) is 4.34. The summed E-state index contributed by atoms with van der Waals surface area (Å²) in [6.07, 6.45) is 2.26. The molecule has 3 rings (SSSR count). The molecule has 1 aromatic heterocycles. The van der Waals surface area contributed by atoms with Crippen molar-refractivity contribution < 1.29 is 9.53 Å². The molecule has 0 fully saturated rings. The molecule has 0 bridgehead atoms. The molecule has 0 saturated carbocycles. The van der Waals surface area contributed by atoms with E-state index in [9.17, 15) is 4.79 Å². The summed E-state index contributed by atoms with van der Waals surface area (Å²) in [5.41, 5.74) is 1.97. The number of rotatable bonds is 10. The van der Waals surface area contributed by atoms with Gasteiger partial charge >= 0.3 is 0 Å². The highest BCUT2D eigenvalue weighted by Gasteiger charge is 2.16. The molecular weight excluding hydrogens is 384 g/mol. The fraction of sp³-hybridized carbons (Fsp3) is 0.318. The van der Waals surface area contributed by atoms with Crippen molar-refractivity contribution in [3.8, 4) is 22.8 Å². The van der Waals surface area contributed by atoms with Crippen molar-refractivity contribution in [3.05, 3.63) is 54.6 Å². The highest BCUT2D eigenvalue weighted by molar-refractivity contribution is 7.99. The van der Waals surface area contributed by atoms with Crippen LogP contribution in [0.4, 0.5) is 0 Å². The second kappa shape index (κ2) is 10.7. The van der Waals surface area contributed by atoms with Crippen LogP contribution in [0.15, 0.2) is 59.8 Å². The summed E-state index contributed by atoms with van der Waals surface area (Å²) in [7, 11) is 1.65. The molecule has 6 nitrogen and oxygen atoms in total. The molecule has 0 atom stereocenters. The van der Waals surface area contributed by atoms with E-state index in [1.54, 1.807) is 18.9 Å². The van der Waals surface area contributed by atoms with Crippen LogP contribution in [0.1, 0.15) is 26.2 Å². The average molecular weight is 411 g/mol. The van der Waals surface area contributed by atoms with Gasteiger partial charge in [0.25, 0.3) is 0 Å². The monoisotopic (exact) mass is 410 g/mol. The lowest BCUT2D eigenvalue weighted by Crippen LogP contribution is -2.23. The number of carbonyl (C=O) groups is 1. The Labute approximate surface area is 175 Å². The van der Waals surface area contributed by atoms with E-state index in [2.05, 4.69) is 20.1 Å². The highest BCUT2D eigenvalue weighted by Crippen LogP contribution is 2.29. The smallest absolute Gasteiger partial charge is 0.220 e. The summed E-state index contributed by atoms with van der Waals surface area (Å²) in [6, 6.07) is 17.9. The standard InChI is InChI=1S/C22H26N4O2S/c1-3-15-23-20(27)10-7-16-29-22-25-24-21(17-8-5-4-6-9-17)26(22)18-11-13-19(28-2)14-12-18/h4-6,8-9,11-14H,3,7,10,15-16H2,1-2H3,(H,23,27). The first-order valence-corrected chi connectivity index (χ1v) is 10.8. The number of aromatic nitrogens is 3. The van der Waals surface area contributed by atoms with Crippen molar-refractivity contribution in [3.63, 3.8) is 0 Å². The predicted molar refractivity (Wildman–Crippen MR) is 117 cm³/mol. The van der Waals surface area contributed by atoms with Crippen LogP contribution in [-0.2, 0) is 4.79 Å². The Morgan fingerprint density at radius 3 is 2.55 bits per heavy atom. The Morgan fingerprint density at radius 2 is 1.86 bits per heavy atom. The van der Waals surface area contributed by atoms with Gasteiger partial charge in [0.15, 0.2) is 11.0 Å². The molecule has 0 aliphatic heterocycles. The topological polar surface area (TPSA) is 69.0 Å². The molecule has 0 radical (unpaired) electrons. The largest absolute Gasteiger partial charge is 0.497 e. The van der Waals surface area contributed by atoms with Crippen LogP contribution in [-0.4, -0.2) is 40.1 Å². The second-order valence-corrected chi connectivity index (χ2v) is 7.57. The molecule has 2 aromatic carbocycles. The van der Waals surface area contributed by atoms with Gasteiger partial charge in [0.05, 0.1) is 7.11 Å². The van der Waals surface area contributed by atoms with Crippen molar-refractivity contribution in [1.82, 2.24) is 20.1 Å². The number of carbonyl (C=O) groups excluding carboxylic acids is 1. The lowest BCUT2D eigenvalue weighted by atomic mass is 10.2. The third-order valence-corrected chi connectivity index (χ3v) is 5.36. The number of methoxy groups -OCH3 is 1. The molecule has 7 heteroatoms. The first-order valence-electron chi connectivity index (χ1n) is 9.77. The number of ether oxygens (including phenoxy) is 1. The zero-order valence-corrected chi connectivity index (χ0v) is 17.6. The summed E-state index contributed by atoms with van der Waals surface area (Å²) in [4.78, 5) is 11.8. The Bertz CT molecular complexity index is 910. The molecular formula is C22H26N4O2S. The van der Waals surface area contributed by atoms with E-state index in [-0.39, 0.29) is 5.91 Å². The van der Waals surface area contributed by atoms with Crippen LogP contribution < -0.4 is 10.1 Å². The van der Waals surface area contributed by atoms with Gasteiger partial charge in [0.2, 0.25) is 5.91 Å². The Balaban J connectivity index is 1.78. The zero-order chi connectivity index (χ0) is 20.5. The molecule has 1 heterocycles. The SMILES string of the molecule is CCCNC(=O)CCCSc1nnc(-c2ccccc2)n1-c1ccc(OC)cc1. The average Bonchev–Trinajstić information content (AvgIpc) is 3.19. The zero-order valence-electron chi connectivity index (χ0n) is 16.8. The van der Waals surface area contributed by atoms with Crippen LogP contribution in [0.5, 0.6) is 5.75 Å². The molecule has 0 aliphatic carbocycles. The number of benzene rings is 2. The van der Waals surface area contributed by atoms with Crippen molar-refractivity contribution in [2.24, 2.45) is 0 Å². The molecule has 0 saturated heterocycles. The van der Waals surface area contributed by atoms with Crippen molar-refractivity contribution in [1.29, 1.82) is 0 Å². The van der Waals surface area contributed by atoms with E-state index in [1.165, 1.54) is 0 Å². The number of nitrogens with one attached hydrogen (secondary N) is 1. The first-order chi connectivity index (χ1) is 14.2. The second-order valence-electron chi connectivity index (χ2n) is 6.51. The van der Waals surface area contributed by atoms with Gasteiger partial charge in [-0.25, -0.2) is 0 Å². The fourth-order valence-electron chi connectivity index (χ4n) is 2.85. The quantitative estimate of drug-likeness (QED) is 0.398. The lowest BCUT2D eigenvalue weighted by Gasteiger charge is -2.11. The van der Waals surface area contributed by atoms with Crippen molar-refractivity contribution in [2.45, 2.75) is 31.3 Å². The normalized spacial score (nSPS) is 10.7. The van der Waals surface area contributed by atoms with Crippen molar-refractivity contribution >= 4 is 17.7 Å². The molecule has 1 amide bonds. The third-order valence-electron chi connectivity index (χ3n) is 4.35. The van der Waals surface area contributed by atoms with E-state index in [4.69, 9.17) is 4.74 Å². The van der Waals surface area contributed by atoms with E-state index >= 15 is 0 Å². The van der Waals surface area contributed by atoms with Crippen LogP contribution in [0, 0.1) is 0 Å². The van der Waals surface area contributed by atoms with E-state index < -0.39 is 0 Å². The van der Waals surface area contributed by atoms with Gasteiger partial charge in [0, 0.05) is 30.0 Å². The maximum absolute atomic E-state index is 11.8. The summed E-state index contributed by atoms with van der Waals surface area (Å²) in [5, 5.41) is 12.6. The van der Waals surface area contributed by atoms with Gasteiger partial charge < -0.3 is 10.1 Å². The maximum Gasteiger partial charge on any atom is 0.220 e. The summed E-state index contributed by atoms with van der Waals surface area (Å²) < 4.78 is 7.33. The van der Waals surface area contributed by atoms with Gasteiger partial charge in [-0.1, -0.05) is 49.0 Å². The fourth-order valence-corrected chi connectivity index (χ4v) is 3.74. The molecule has 0 unspecified atom stereocenters. The number of hydrogen-bond donors (Lipinski definition) is 1. The third kappa shape index (κ3) is 5.60. The van der Waals surface area contributed by atoms with Crippen LogP contribution >= 0.6 is 11.8 Å². The molecule has 29 heavy (non-hydrogen) atoms. The minimum atomic E-state index is 0.106. The minimum absolute atomic E-state index is 0.106. The Hall–Kier alpha value is -2.80. The Morgan fingerprint density at radius 1 is 1.10 bits per heavy atom. The van der Waals surface area contributed by atoms with Crippen molar-refractivity contribution in [2.75, 3.05) is 19.4 Å². The van der Waals surface area contributed by atoms with Crippen LogP contribution in [0.2, 0.25) is 0 Å². The van der Waals surface area contributed by atoms with Gasteiger partial charge in [-0.2, -0.15) is 0 Å². The van der Waals surface area contributed by atoms with Gasteiger partial charge in [-0.3, -0.25) is 9.36 Å². The highest BCUT2D eigenvalue weighted by atomic mass is 32.2. The minimum Gasteiger partial charge on any atom is -0.497 e. The van der Waals surface area contributed by atoms with Crippen LogP contribution in [0.3, 0.4) is 0 Å². The summed E-state index contributed by atoms with van der Waals surface area (Å²) >= 11 is 1.61. The molecule has 1 N–H and O–H groups in total. The Kier molecular flexibility index (Phi) is 7.69. The van der Waals surface area contributed by atoms with E-state index in [0.29, 0.717) is 6.42 Å². The number of thioether (sulfide) groups is 1. The summed E-state index contributed by atoms with van der Waals surface area (Å²) in [6.45, 7) is 2.78. The maximum atomic E-state index is 11.8. The summed E-state index contributed by atoms with van der Waals surface area (Å²) in [5.74, 6) is 2.49. The molecule has 0 spiro atoms. The van der Waals surface area contributed by atoms with Crippen LogP contribution in [0.25, 0.3) is 17.1 Å². The number of hydrogen-bond acceptors (Lipinski definition) is 5. The molecule has 3 aromatic rings. The molecule has 0 aliphatic rings. The van der Waals surface area contributed by atoms with E-state index in [0.717, 1.165) is 53.1 Å². The van der Waals surface area contributed by atoms with Gasteiger partial charge in [0.1, 0.15) is 5.75 Å².